The summed E-state index contributed by atoms with van der Waals surface area (Å²) in [4.78, 5) is 9.64. The molecule has 28 heavy (non-hydrogen) atoms. The summed E-state index contributed by atoms with van der Waals surface area (Å²) in [5.41, 5.74) is 1.41. The first-order valence-corrected chi connectivity index (χ1v) is 11.2. The molecule has 0 aliphatic carbocycles. The summed E-state index contributed by atoms with van der Waals surface area (Å²) < 4.78 is 0. The van der Waals surface area contributed by atoms with Gasteiger partial charge in [-0.3, -0.25) is 9.89 Å². The molecule has 3 rings (SSSR count). The number of guanidine groups is 1. The average molecular weight is 386 g/mol. The van der Waals surface area contributed by atoms with Gasteiger partial charge in [0.2, 0.25) is 0 Å². The Morgan fingerprint density at radius 2 is 1.68 bits per heavy atom. The molecule has 0 saturated carbocycles. The molecule has 0 amide bonds. The number of hydrogen-bond donors (Lipinski definition) is 2. The van der Waals surface area contributed by atoms with Gasteiger partial charge in [-0.25, -0.2) is 0 Å². The first-order chi connectivity index (χ1) is 13.8. The van der Waals surface area contributed by atoms with Crippen LogP contribution >= 0.6 is 0 Å². The van der Waals surface area contributed by atoms with Crippen LogP contribution in [0.2, 0.25) is 0 Å². The molecule has 0 bridgehead atoms. The lowest BCUT2D eigenvalue weighted by molar-refractivity contribution is 0.184. The van der Waals surface area contributed by atoms with Crippen molar-refractivity contribution in [2.45, 2.75) is 51.6 Å². The van der Waals surface area contributed by atoms with Gasteiger partial charge in [-0.2, -0.15) is 0 Å². The van der Waals surface area contributed by atoms with Gasteiger partial charge < -0.3 is 15.5 Å². The van der Waals surface area contributed by atoms with Crippen LogP contribution in [0.4, 0.5) is 0 Å². The molecule has 2 N–H and O–H groups in total. The van der Waals surface area contributed by atoms with Crippen LogP contribution in [0.15, 0.2) is 35.3 Å². The Morgan fingerprint density at radius 3 is 2.32 bits per heavy atom. The molecule has 1 aromatic carbocycles. The van der Waals surface area contributed by atoms with Gasteiger partial charge in [-0.15, -0.1) is 0 Å². The zero-order valence-corrected chi connectivity index (χ0v) is 17.9. The average Bonchev–Trinajstić information content (AvgIpc) is 2.74. The summed E-state index contributed by atoms with van der Waals surface area (Å²) in [6.45, 7) is 10.5. The van der Waals surface area contributed by atoms with Crippen molar-refractivity contribution in [1.82, 2.24) is 20.4 Å². The summed E-state index contributed by atoms with van der Waals surface area (Å²) in [5.74, 6) is 1.76. The highest BCUT2D eigenvalue weighted by molar-refractivity contribution is 5.79. The number of nitrogens with one attached hydrogen (secondary N) is 2. The number of piperidine rings is 2. The van der Waals surface area contributed by atoms with Gasteiger partial charge in [-0.05, 0) is 63.2 Å². The molecule has 2 aliphatic heterocycles. The number of likely N-dealkylation sites (tertiary alicyclic amines) is 2. The van der Waals surface area contributed by atoms with Crippen LogP contribution in [0.25, 0.3) is 0 Å². The smallest absolute Gasteiger partial charge is 0.191 e. The van der Waals surface area contributed by atoms with E-state index < -0.39 is 0 Å². The van der Waals surface area contributed by atoms with Crippen LogP contribution in [0.3, 0.4) is 0 Å². The molecule has 2 saturated heterocycles. The van der Waals surface area contributed by atoms with Crippen molar-refractivity contribution in [2.24, 2.45) is 10.9 Å². The monoisotopic (exact) mass is 385 g/mol. The fourth-order valence-corrected chi connectivity index (χ4v) is 4.44. The van der Waals surface area contributed by atoms with Gasteiger partial charge in [0.05, 0.1) is 0 Å². The lowest BCUT2D eigenvalue weighted by Crippen LogP contribution is -2.49. The molecule has 2 heterocycles. The maximum Gasteiger partial charge on any atom is 0.191 e. The molecule has 5 nitrogen and oxygen atoms in total. The zero-order chi connectivity index (χ0) is 19.6. The number of nitrogens with zero attached hydrogens (tertiary/aromatic N) is 3. The Bertz CT molecular complexity index is 572. The lowest BCUT2D eigenvalue weighted by atomic mass is 9.97. The summed E-state index contributed by atoms with van der Waals surface area (Å²) in [6.07, 6.45) is 6.25. The molecular formula is C23H39N5. The van der Waals surface area contributed by atoms with E-state index >= 15 is 0 Å². The minimum Gasteiger partial charge on any atom is -0.356 e. The predicted octanol–water partition coefficient (Wildman–Crippen LogP) is 2.94. The Kier molecular flexibility index (Phi) is 8.62. The maximum atomic E-state index is 4.47. The SMILES string of the molecule is CCCN1CCC(CNC(=NC)NC2CCN(Cc3ccccc3)CC2)CC1. The third kappa shape index (κ3) is 6.78. The number of hydrogen-bond acceptors (Lipinski definition) is 3. The molecule has 156 valence electrons. The van der Waals surface area contributed by atoms with E-state index in [4.69, 9.17) is 0 Å². The molecule has 2 aliphatic rings. The molecule has 0 atom stereocenters. The molecular weight excluding hydrogens is 346 g/mol. The number of rotatable bonds is 7. The quantitative estimate of drug-likeness (QED) is 0.559. The van der Waals surface area contributed by atoms with Gasteiger partial charge in [0.1, 0.15) is 0 Å². The van der Waals surface area contributed by atoms with E-state index in [0.29, 0.717) is 6.04 Å². The second-order valence-electron chi connectivity index (χ2n) is 8.42. The van der Waals surface area contributed by atoms with Crippen molar-refractivity contribution in [3.63, 3.8) is 0 Å². The fourth-order valence-electron chi connectivity index (χ4n) is 4.44. The van der Waals surface area contributed by atoms with Gasteiger partial charge in [-0.1, -0.05) is 37.3 Å². The van der Waals surface area contributed by atoms with Gasteiger partial charge in [0, 0.05) is 39.3 Å². The molecule has 0 aromatic heterocycles. The molecule has 0 spiro atoms. The Balaban J connectivity index is 1.33. The van der Waals surface area contributed by atoms with Crippen molar-refractivity contribution >= 4 is 5.96 Å². The van der Waals surface area contributed by atoms with Crippen LogP contribution in [0.5, 0.6) is 0 Å². The molecule has 1 aromatic rings. The second kappa shape index (κ2) is 11.4. The van der Waals surface area contributed by atoms with E-state index in [1.54, 1.807) is 0 Å². The summed E-state index contributed by atoms with van der Waals surface area (Å²) >= 11 is 0. The Labute approximate surface area is 171 Å². The van der Waals surface area contributed by atoms with Gasteiger partial charge >= 0.3 is 0 Å². The van der Waals surface area contributed by atoms with E-state index in [9.17, 15) is 0 Å². The van der Waals surface area contributed by atoms with Crippen molar-refractivity contribution in [3.05, 3.63) is 35.9 Å². The topological polar surface area (TPSA) is 42.9 Å². The molecule has 0 unspecified atom stereocenters. The minimum atomic E-state index is 0.532. The predicted molar refractivity (Wildman–Crippen MR) is 119 cm³/mol. The highest BCUT2D eigenvalue weighted by atomic mass is 15.2. The number of aliphatic imine (C=N–C) groups is 1. The van der Waals surface area contributed by atoms with Crippen LogP contribution < -0.4 is 10.6 Å². The lowest BCUT2D eigenvalue weighted by Gasteiger charge is -2.34. The van der Waals surface area contributed by atoms with Gasteiger partial charge in [0.15, 0.2) is 5.96 Å². The van der Waals surface area contributed by atoms with Crippen LogP contribution in [0, 0.1) is 5.92 Å². The third-order valence-corrected chi connectivity index (χ3v) is 6.21. The minimum absolute atomic E-state index is 0.532. The third-order valence-electron chi connectivity index (χ3n) is 6.21. The molecule has 5 heteroatoms. The maximum absolute atomic E-state index is 4.47. The van der Waals surface area contributed by atoms with Crippen molar-refractivity contribution in [2.75, 3.05) is 46.3 Å². The Morgan fingerprint density at radius 1 is 1.00 bits per heavy atom. The van der Waals surface area contributed by atoms with E-state index in [0.717, 1.165) is 38.1 Å². The molecule has 0 radical (unpaired) electrons. The Hall–Kier alpha value is -1.59. The van der Waals surface area contributed by atoms with Crippen LogP contribution in [-0.4, -0.2) is 68.1 Å². The fraction of sp³-hybridized carbons (Fsp3) is 0.696. The van der Waals surface area contributed by atoms with E-state index in [1.807, 2.05) is 7.05 Å². The second-order valence-corrected chi connectivity index (χ2v) is 8.42. The first-order valence-electron chi connectivity index (χ1n) is 11.2. The van der Waals surface area contributed by atoms with E-state index in [-0.39, 0.29) is 0 Å². The summed E-state index contributed by atoms with van der Waals surface area (Å²) in [7, 11) is 1.89. The van der Waals surface area contributed by atoms with Crippen molar-refractivity contribution in [1.29, 1.82) is 0 Å². The normalized spacial score (nSPS) is 21.0. The van der Waals surface area contributed by atoms with Crippen LogP contribution in [0.1, 0.15) is 44.6 Å². The van der Waals surface area contributed by atoms with Crippen molar-refractivity contribution < 1.29 is 0 Å². The standard InChI is InChI=1S/C23H39N5/c1-3-13-27-14-9-20(10-15-27)18-25-23(24-2)26-22-11-16-28(17-12-22)19-21-7-5-4-6-8-21/h4-8,20,22H,3,9-19H2,1-2H3,(H2,24,25,26). The van der Waals surface area contributed by atoms with Gasteiger partial charge in [0.25, 0.3) is 0 Å². The summed E-state index contributed by atoms with van der Waals surface area (Å²) in [6, 6.07) is 11.3. The van der Waals surface area contributed by atoms with Crippen LogP contribution in [-0.2, 0) is 6.54 Å². The van der Waals surface area contributed by atoms with E-state index in [1.165, 1.54) is 57.3 Å². The molecule has 2 fully saturated rings. The highest BCUT2D eigenvalue weighted by Crippen LogP contribution is 2.17. The zero-order valence-electron chi connectivity index (χ0n) is 17.9. The largest absolute Gasteiger partial charge is 0.356 e. The first kappa shape index (κ1) is 21.1. The van der Waals surface area contributed by atoms with E-state index in [2.05, 4.69) is 62.7 Å². The van der Waals surface area contributed by atoms with Crippen molar-refractivity contribution in [3.8, 4) is 0 Å². The highest BCUT2D eigenvalue weighted by Gasteiger charge is 2.21. The summed E-state index contributed by atoms with van der Waals surface area (Å²) in [5, 5.41) is 7.25. The number of benzene rings is 1.